The van der Waals surface area contributed by atoms with E-state index in [-0.39, 0.29) is 6.04 Å². The first-order valence-electron chi connectivity index (χ1n) is 6.65. The Hall–Kier alpha value is -1.41. The van der Waals surface area contributed by atoms with Gasteiger partial charge in [-0.2, -0.15) is 0 Å². The Morgan fingerprint density at radius 3 is 2.50 bits per heavy atom. The minimum absolute atomic E-state index is 0.160. The van der Waals surface area contributed by atoms with Crippen LogP contribution in [0.3, 0.4) is 0 Å². The van der Waals surface area contributed by atoms with Gasteiger partial charge in [0.15, 0.2) is 5.67 Å². The highest BCUT2D eigenvalue weighted by Crippen LogP contribution is 2.38. The molecule has 0 aromatic heterocycles. The number of hydrogen-bond donors (Lipinski definition) is 0. The monoisotopic (exact) mass is 243 g/mol. The molecule has 1 aliphatic carbocycles. The first-order valence-corrected chi connectivity index (χ1v) is 6.65. The third-order valence-corrected chi connectivity index (χ3v) is 3.92. The van der Waals surface area contributed by atoms with E-state index in [0.717, 1.165) is 18.7 Å². The van der Waals surface area contributed by atoms with Gasteiger partial charge in [-0.25, -0.2) is 4.39 Å². The number of likely N-dealkylation sites (tertiary alicyclic amines) is 1. The second-order valence-corrected chi connectivity index (χ2v) is 5.07. The average molecular weight is 243 g/mol. The van der Waals surface area contributed by atoms with Crippen molar-refractivity contribution < 1.29 is 4.39 Å². The standard InChI is InChI=1S/C16H18FN/c17-16(14-8-2-1-3-9-14)11-5-4-10-15(16)18-12-6-7-13-18/h1-5,8-11,15H,6-7,12-13H2. The van der Waals surface area contributed by atoms with Crippen LogP contribution in [0, 0.1) is 0 Å². The van der Waals surface area contributed by atoms with E-state index >= 15 is 4.39 Å². The fourth-order valence-corrected chi connectivity index (χ4v) is 2.97. The van der Waals surface area contributed by atoms with Crippen molar-refractivity contribution in [2.75, 3.05) is 13.1 Å². The molecule has 1 aliphatic heterocycles. The number of halogens is 1. The third kappa shape index (κ3) is 1.91. The van der Waals surface area contributed by atoms with Crippen LogP contribution in [0.1, 0.15) is 18.4 Å². The molecule has 2 heteroatoms. The van der Waals surface area contributed by atoms with Crippen molar-refractivity contribution in [3.05, 3.63) is 60.2 Å². The zero-order valence-corrected chi connectivity index (χ0v) is 10.4. The molecule has 0 radical (unpaired) electrons. The van der Waals surface area contributed by atoms with E-state index in [4.69, 9.17) is 0 Å². The molecule has 2 unspecified atom stereocenters. The van der Waals surface area contributed by atoms with Gasteiger partial charge in [-0.1, -0.05) is 48.6 Å². The second kappa shape index (κ2) is 4.69. The van der Waals surface area contributed by atoms with Crippen molar-refractivity contribution >= 4 is 0 Å². The lowest BCUT2D eigenvalue weighted by molar-refractivity contribution is 0.101. The largest absolute Gasteiger partial charge is 0.293 e. The molecule has 2 aliphatic rings. The molecule has 18 heavy (non-hydrogen) atoms. The summed E-state index contributed by atoms with van der Waals surface area (Å²) in [4.78, 5) is 2.26. The molecule has 0 saturated carbocycles. The lowest BCUT2D eigenvalue weighted by Crippen LogP contribution is -2.45. The Morgan fingerprint density at radius 1 is 1.06 bits per heavy atom. The Kier molecular flexibility index (Phi) is 3.04. The van der Waals surface area contributed by atoms with E-state index in [1.165, 1.54) is 12.8 Å². The topological polar surface area (TPSA) is 3.24 Å². The Balaban J connectivity index is 1.96. The maximum absolute atomic E-state index is 15.4. The molecule has 1 fully saturated rings. The van der Waals surface area contributed by atoms with Crippen LogP contribution in [0.15, 0.2) is 54.6 Å². The number of alkyl halides is 1. The zero-order valence-electron chi connectivity index (χ0n) is 10.4. The van der Waals surface area contributed by atoms with Crippen molar-refractivity contribution in [3.63, 3.8) is 0 Å². The Bertz CT molecular complexity index is 459. The van der Waals surface area contributed by atoms with Crippen LogP contribution < -0.4 is 0 Å². The van der Waals surface area contributed by atoms with Crippen LogP contribution in [-0.2, 0) is 5.67 Å². The molecular weight excluding hydrogens is 225 g/mol. The van der Waals surface area contributed by atoms with Gasteiger partial charge >= 0.3 is 0 Å². The van der Waals surface area contributed by atoms with Crippen molar-refractivity contribution in [1.82, 2.24) is 4.90 Å². The molecule has 3 rings (SSSR count). The summed E-state index contributed by atoms with van der Waals surface area (Å²) in [6.07, 6.45) is 9.84. The quantitative estimate of drug-likeness (QED) is 0.769. The van der Waals surface area contributed by atoms with E-state index < -0.39 is 5.67 Å². The molecule has 2 atom stereocenters. The van der Waals surface area contributed by atoms with E-state index in [2.05, 4.69) is 4.90 Å². The molecule has 0 amide bonds. The number of nitrogens with zero attached hydrogens (tertiary/aromatic N) is 1. The lowest BCUT2D eigenvalue weighted by Gasteiger charge is -2.37. The van der Waals surface area contributed by atoms with Gasteiger partial charge in [-0.05, 0) is 37.6 Å². The van der Waals surface area contributed by atoms with Gasteiger partial charge in [0.1, 0.15) is 0 Å². The highest BCUT2D eigenvalue weighted by molar-refractivity contribution is 5.36. The van der Waals surface area contributed by atoms with Gasteiger partial charge in [-0.3, -0.25) is 4.90 Å². The third-order valence-electron chi connectivity index (χ3n) is 3.92. The minimum atomic E-state index is -1.39. The van der Waals surface area contributed by atoms with Crippen molar-refractivity contribution in [2.24, 2.45) is 0 Å². The van der Waals surface area contributed by atoms with Gasteiger partial charge in [0.2, 0.25) is 0 Å². The average Bonchev–Trinajstić information content (AvgIpc) is 2.94. The predicted octanol–water partition coefficient (Wildman–Crippen LogP) is 3.44. The zero-order chi connectivity index (χ0) is 12.4. The summed E-state index contributed by atoms with van der Waals surface area (Å²) in [5.74, 6) is 0. The number of hydrogen-bond acceptors (Lipinski definition) is 1. The first-order chi connectivity index (χ1) is 8.81. The predicted molar refractivity (Wildman–Crippen MR) is 72.1 cm³/mol. The number of allylic oxidation sites excluding steroid dienone is 2. The summed E-state index contributed by atoms with van der Waals surface area (Å²) >= 11 is 0. The minimum Gasteiger partial charge on any atom is -0.293 e. The molecule has 94 valence electrons. The molecule has 1 aromatic rings. The molecule has 1 aromatic carbocycles. The van der Waals surface area contributed by atoms with Crippen LogP contribution in [0.4, 0.5) is 4.39 Å². The smallest absolute Gasteiger partial charge is 0.173 e. The normalized spacial score (nSPS) is 31.9. The van der Waals surface area contributed by atoms with Crippen molar-refractivity contribution in [2.45, 2.75) is 24.6 Å². The highest BCUT2D eigenvalue weighted by Gasteiger charge is 2.42. The molecule has 0 spiro atoms. The summed E-state index contributed by atoms with van der Waals surface area (Å²) in [5, 5.41) is 0. The molecule has 1 nitrogen and oxygen atoms in total. The Labute approximate surface area is 108 Å². The summed E-state index contributed by atoms with van der Waals surface area (Å²) in [6.45, 7) is 2.00. The fourth-order valence-electron chi connectivity index (χ4n) is 2.97. The van der Waals surface area contributed by atoms with Crippen LogP contribution >= 0.6 is 0 Å². The number of benzene rings is 1. The Morgan fingerprint density at radius 2 is 1.78 bits per heavy atom. The van der Waals surface area contributed by atoms with Crippen molar-refractivity contribution in [3.8, 4) is 0 Å². The van der Waals surface area contributed by atoms with Gasteiger partial charge in [0.05, 0.1) is 6.04 Å². The van der Waals surface area contributed by atoms with E-state index in [9.17, 15) is 0 Å². The molecule has 1 saturated heterocycles. The van der Waals surface area contributed by atoms with Crippen LogP contribution in [-0.4, -0.2) is 24.0 Å². The van der Waals surface area contributed by atoms with Crippen LogP contribution in [0.25, 0.3) is 0 Å². The maximum Gasteiger partial charge on any atom is 0.173 e. The van der Waals surface area contributed by atoms with Crippen LogP contribution in [0.5, 0.6) is 0 Å². The SMILES string of the molecule is FC1(c2ccccc2)C=CC=CC1N1CCCC1. The van der Waals surface area contributed by atoms with Gasteiger partial charge in [0.25, 0.3) is 0 Å². The highest BCUT2D eigenvalue weighted by atomic mass is 19.1. The summed E-state index contributed by atoms with van der Waals surface area (Å²) in [6, 6.07) is 9.35. The number of rotatable bonds is 2. The molecule has 0 bridgehead atoms. The molecule has 1 heterocycles. The summed E-state index contributed by atoms with van der Waals surface area (Å²) in [7, 11) is 0. The maximum atomic E-state index is 15.4. The lowest BCUT2D eigenvalue weighted by atomic mass is 9.84. The molecule has 0 N–H and O–H groups in total. The van der Waals surface area contributed by atoms with Gasteiger partial charge in [-0.15, -0.1) is 0 Å². The van der Waals surface area contributed by atoms with E-state index in [0.29, 0.717) is 0 Å². The van der Waals surface area contributed by atoms with Gasteiger partial charge < -0.3 is 0 Å². The van der Waals surface area contributed by atoms with E-state index in [1.807, 2.05) is 48.6 Å². The van der Waals surface area contributed by atoms with Gasteiger partial charge in [0, 0.05) is 0 Å². The molecular formula is C16H18FN. The first kappa shape index (κ1) is 11.7. The van der Waals surface area contributed by atoms with Crippen molar-refractivity contribution in [1.29, 1.82) is 0 Å². The van der Waals surface area contributed by atoms with E-state index in [1.54, 1.807) is 6.08 Å². The summed E-state index contributed by atoms with van der Waals surface area (Å²) in [5.41, 5.74) is -0.636. The fraction of sp³-hybridized carbons (Fsp3) is 0.375. The summed E-state index contributed by atoms with van der Waals surface area (Å²) < 4.78 is 15.4. The second-order valence-electron chi connectivity index (χ2n) is 5.07. The van der Waals surface area contributed by atoms with Crippen LogP contribution in [0.2, 0.25) is 0 Å².